The number of carbonyl (C=O) groups excluding carboxylic acids is 1. The minimum Gasteiger partial charge on any atom is -0.493 e. The third kappa shape index (κ3) is 6.94. The summed E-state index contributed by atoms with van der Waals surface area (Å²) >= 11 is 11.9. The second kappa shape index (κ2) is 11.4. The molecule has 1 amide bonds. The number of halogens is 2. The number of hydrogen-bond acceptors (Lipinski definition) is 5. The van der Waals surface area contributed by atoms with Gasteiger partial charge in [-0.15, -0.1) is 0 Å². The van der Waals surface area contributed by atoms with Crippen LogP contribution in [0.25, 0.3) is 0 Å². The fourth-order valence-corrected chi connectivity index (χ4v) is 2.74. The van der Waals surface area contributed by atoms with E-state index in [0.29, 0.717) is 46.9 Å². The summed E-state index contributed by atoms with van der Waals surface area (Å²) in [7, 11) is 1.57. The Hall–Kier alpha value is -2.44. The van der Waals surface area contributed by atoms with Gasteiger partial charge in [0.15, 0.2) is 11.5 Å². The Morgan fingerprint density at radius 3 is 2.61 bits per heavy atom. The van der Waals surface area contributed by atoms with Crippen molar-refractivity contribution in [1.82, 2.24) is 5.43 Å². The molecule has 28 heavy (non-hydrogen) atoms. The molecule has 2 rings (SSSR count). The maximum Gasteiger partial charge on any atom is 0.240 e. The number of carbonyl (C=O) groups is 1. The number of rotatable bonds is 10. The van der Waals surface area contributed by atoms with Gasteiger partial charge in [-0.25, -0.2) is 5.43 Å². The zero-order chi connectivity index (χ0) is 20.4. The van der Waals surface area contributed by atoms with Crippen LogP contribution in [-0.2, 0) is 4.79 Å². The summed E-state index contributed by atoms with van der Waals surface area (Å²) in [5.74, 6) is 1.59. The topological polar surface area (TPSA) is 69.2 Å². The highest BCUT2D eigenvalue weighted by Gasteiger charge is 2.05. The van der Waals surface area contributed by atoms with Crippen LogP contribution in [-0.4, -0.2) is 32.4 Å². The molecule has 8 heteroatoms. The lowest BCUT2D eigenvalue weighted by Crippen LogP contribution is -2.18. The zero-order valence-electron chi connectivity index (χ0n) is 15.7. The van der Waals surface area contributed by atoms with E-state index in [9.17, 15) is 4.79 Å². The van der Waals surface area contributed by atoms with Crippen LogP contribution in [0, 0.1) is 0 Å². The van der Waals surface area contributed by atoms with E-state index in [-0.39, 0.29) is 12.3 Å². The molecule has 0 fully saturated rings. The molecule has 0 saturated heterocycles. The van der Waals surface area contributed by atoms with Gasteiger partial charge in [0.2, 0.25) is 5.91 Å². The number of nitrogens with one attached hydrogen (secondary N) is 1. The Kier molecular flexibility index (Phi) is 8.91. The Morgan fingerprint density at radius 1 is 1.11 bits per heavy atom. The first kappa shape index (κ1) is 21.9. The van der Waals surface area contributed by atoms with E-state index in [0.717, 1.165) is 5.56 Å². The maximum atomic E-state index is 11.8. The summed E-state index contributed by atoms with van der Waals surface area (Å²) in [5, 5.41) is 4.93. The van der Waals surface area contributed by atoms with Gasteiger partial charge in [0.05, 0.1) is 31.6 Å². The zero-order valence-corrected chi connectivity index (χ0v) is 17.2. The third-order valence-electron chi connectivity index (χ3n) is 3.59. The van der Waals surface area contributed by atoms with E-state index in [1.165, 1.54) is 0 Å². The highest BCUT2D eigenvalue weighted by molar-refractivity contribution is 6.35. The van der Waals surface area contributed by atoms with Gasteiger partial charge in [-0.05, 0) is 55.3 Å². The average molecular weight is 425 g/mol. The predicted molar refractivity (Wildman–Crippen MR) is 111 cm³/mol. The van der Waals surface area contributed by atoms with E-state index in [4.69, 9.17) is 37.4 Å². The Morgan fingerprint density at radius 2 is 1.89 bits per heavy atom. The van der Waals surface area contributed by atoms with E-state index in [1.807, 2.05) is 13.0 Å². The van der Waals surface area contributed by atoms with Crippen molar-refractivity contribution >= 4 is 35.3 Å². The van der Waals surface area contributed by atoms with Gasteiger partial charge in [-0.3, -0.25) is 4.79 Å². The van der Waals surface area contributed by atoms with Gasteiger partial charge in [-0.1, -0.05) is 23.2 Å². The molecule has 0 bridgehead atoms. The molecule has 0 spiro atoms. The van der Waals surface area contributed by atoms with Crippen LogP contribution in [0.2, 0.25) is 10.0 Å². The molecule has 2 aromatic carbocycles. The highest BCUT2D eigenvalue weighted by Crippen LogP contribution is 2.28. The Balaban J connectivity index is 1.74. The molecule has 150 valence electrons. The summed E-state index contributed by atoms with van der Waals surface area (Å²) in [6.07, 6.45) is 2.34. The fourth-order valence-electron chi connectivity index (χ4n) is 2.28. The highest BCUT2D eigenvalue weighted by atomic mass is 35.5. The molecule has 0 aromatic heterocycles. The van der Waals surface area contributed by atoms with Gasteiger partial charge in [0.1, 0.15) is 5.75 Å². The lowest BCUT2D eigenvalue weighted by Gasteiger charge is -2.09. The van der Waals surface area contributed by atoms with Gasteiger partial charge in [0.25, 0.3) is 0 Å². The molecule has 2 aromatic rings. The number of methoxy groups -OCH3 is 1. The van der Waals surface area contributed by atoms with Crippen molar-refractivity contribution < 1.29 is 19.0 Å². The molecule has 0 saturated carbocycles. The molecule has 0 atom stereocenters. The molecule has 0 heterocycles. The predicted octanol–water partition coefficient (Wildman–Crippen LogP) is 4.71. The lowest BCUT2D eigenvalue weighted by atomic mass is 10.2. The normalized spacial score (nSPS) is 10.7. The van der Waals surface area contributed by atoms with Crippen molar-refractivity contribution in [2.45, 2.75) is 19.8 Å². The van der Waals surface area contributed by atoms with Crippen LogP contribution < -0.4 is 19.6 Å². The van der Waals surface area contributed by atoms with Gasteiger partial charge in [0, 0.05) is 11.4 Å². The maximum absolute atomic E-state index is 11.8. The van der Waals surface area contributed by atoms with Crippen molar-refractivity contribution in [1.29, 1.82) is 0 Å². The number of benzene rings is 2. The molecule has 0 radical (unpaired) electrons. The summed E-state index contributed by atoms with van der Waals surface area (Å²) in [4.78, 5) is 11.8. The number of hydrazone groups is 1. The minimum atomic E-state index is -0.208. The van der Waals surface area contributed by atoms with Crippen LogP contribution in [0.4, 0.5) is 0 Å². The number of hydrogen-bond donors (Lipinski definition) is 1. The number of ether oxygens (including phenoxy) is 3. The number of nitrogens with zero attached hydrogens (tertiary/aromatic N) is 1. The van der Waals surface area contributed by atoms with Crippen molar-refractivity contribution in [3.63, 3.8) is 0 Å². The van der Waals surface area contributed by atoms with Crippen LogP contribution in [0.15, 0.2) is 41.5 Å². The second-order valence-electron chi connectivity index (χ2n) is 5.66. The van der Waals surface area contributed by atoms with E-state index >= 15 is 0 Å². The van der Waals surface area contributed by atoms with Gasteiger partial charge >= 0.3 is 0 Å². The summed E-state index contributed by atoms with van der Waals surface area (Å²) in [5.41, 5.74) is 3.26. The number of amides is 1. The van der Waals surface area contributed by atoms with Crippen molar-refractivity contribution in [3.8, 4) is 17.2 Å². The van der Waals surface area contributed by atoms with E-state index < -0.39 is 0 Å². The largest absolute Gasteiger partial charge is 0.493 e. The van der Waals surface area contributed by atoms with Crippen LogP contribution in [0.3, 0.4) is 0 Å². The van der Waals surface area contributed by atoms with Crippen molar-refractivity contribution in [2.24, 2.45) is 5.10 Å². The van der Waals surface area contributed by atoms with E-state index in [2.05, 4.69) is 10.5 Å². The lowest BCUT2D eigenvalue weighted by molar-refractivity contribution is -0.121. The second-order valence-corrected chi connectivity index (χ2v) is 6.51. The first-order valence-electron chi connectivity index (χ1n) is 8.74. The quantitative estimate of drug-likeness (QED) is 0.340. The summed E-state index contributed by atoms with van der Waals surface area (Å²) < 4.78 is 16.3. The van der Waals surface area contributed by atoms with Crippen molar-refractivity contribution in [3.05, 3.63) is 52.0 Å². The molecular formula is C20H22Cl2N2O4. The minimum absolute atomic E-state index is 0.208. The van der Waals surface area contributed by atoms with Gasteiger partial charge in [-0.2, -0.15) is 5.10 Å². The monoisotopic (exact) mass is 424 g/mol. The first-order valence-corrected chi connectivity index (χ1v) is 9.49. The molecule has 0 aliphatic carbocycles. The van der Waals surface area contributed by atoms with Crippen LogP contribution >= 0.6 is 23.2 Å². The fraction of sp³-hybridized carbons (Fsp3) is 0.300. The molecule has 1 N–H and O–H groups in total. The summed E-state index contributed by atoms with van der Waals surface area (Å²) in [6.45, 7) is 2.81. The molecule has 6 nitrogen and oxygen atoms in total. The smallest absolute Gasteiger partial charge is 0.240 e. The molecule has 0 aliphatic rings. The van der Waals surface area contributed by atoms with Gasteiger partial charge < -0.3 is 14.2 Å². The van der Waals surface area contributed by atoms with Crippen molar-refractivity contribution in [2.75, 3.05) is 20.3 Å². The molecule has 0 aliphatic heterocycles. The Labute approximate surface area is 174 Å². The van der Waals surface area contributed by atoms with E-state index in [1.54, 1.807) is 43.7 Å². The molecular weight excluding hydrogens is 403 g/mol. The first-order chi connectivity index (χ1) is 13.5. The summed E-state index contributed by atoms with van der Waals surface area (Å²) in [6, 6.07) is 10.4. The van der Waals surface area contributed by atoms with Crippen LogP contribution in [0.1, 0.15) is 25.3 Å². The molecule has 0 unspecified atom stereocenters. The Bertz CT molecular complexity index is 828. The average Bonchev–Trinajstić information content (AvgIpc) is 2.67. The third-order valence-corrected chi connectivity index (χ3v) is 4.12. The standard InChI is InChI=1S/C20H22Cl2N2O4/c1-3-27-18-8-6-14(11-19(18)26-2)13-23-24-20(25)5-4-10-28-17-9-7-15(21)12-16(17)22/h6-9,11-13H,3-5,10H2,1-2H3,(H,24,25)/b23-13+. The van der Waals surface area contributed by atoms with Crippen LogP contribution in [0.5, 0.6) is 17.2 Å². The SMILES string of the molecule is CCOc1ccc(/C=N/NC(=O)CCCOc2ccc(Cl)cc2Cl)cc1OC.